The summed E-state index contributed by atoms with van der Waals surface area (Å²) in [5.74, 6) is -0.645. The second kappa shape index (κ2) is 9.16. The molecule has 1 fully saturated rings. The summed E-state index contributed by atoms with van der Waals surface area (Å²) in [7, 11) is 0. The Morgan fingerprint density at radius 3 is 2.65 bits per heavy atom. The van der Waals surface area contributed by atoms with E-state index in [2.05, 4.69) is 26.6 Å². The van der Waals surface area contributed by atoms with E-state index in [1.807, 2.05) is 0 Å². The summed E-state index contributed by atoms with van der Waals surface area (Å²) in [6.45, 7) is 3.74. The van der Waals surface area contributed by atoms with E-state index in [-0.39, 0.29) is 0 Å². The monoisotopic (exact) mass is 507 g/mol. The molecule has 1 unspecified atom stereocenters. The van der Waals surface area contributed by atoms with Crippen LogP contribution in [0.2, 0.25) is 5.02 Å². The van der Waals surface area contributed by atoms with E-state index >= 15 is 0 Å². The largest absolute Gasteiger partial charge is 0.359 e. The zero-order valence-corrected chi connectivity index (χ0v) is 19.3. The Bertz CT molecular complexity index is 981. The Kier molecular flexibility index (Phi) is 6.52. The van der Waals surface area contributed by atoms with Crippen molar-refractivity contribution in [3.63, 3.8) is 0 Å². The van der Waals surface area contributed by atoms with Crippen LogP contribution < -0.4 is 20.4 Å². The minimum Gasteiger partial charge on any atom is -0.359 e. The van der Waals surface area contributed by atoms with Crippen LogP contribution in [0.1, 0.15) is 24.8 Å². The molecule has 2 heterocycles. The SMILES string of the molecule is O=C1Nc2ccc(Br)cc2C(O)(C(=O)NCCC[NH+]2CCCC2)N1c1ccc(Cl)cc1. The first-order chi connectivity index (χ1) is 14.9. The van der Waals surface area contributed by atoms with Crippen LogP contribution >= 0.6 is 27.5 Å². The van der Waals surface area contributed by atoms with E-state index in [1.165, 1.54) is 25.9 Å². The number of hydrogen-bond donors (Lipinski definition) is 4. The van der Waals surface area contributed by atoms with Gasteiger partial charge in [0.05, 0.1) is 25.3 Å². The number of carbonyl (C=O) groups is 2. The van der Waals surface area contributed by atoms with Gasteiger partial charge in [-0.05, 0) is 42.5 Å². The third-order valence-electron chi connectivity index (χ3n) is 5.83. The van der Waals surface area contributed by atoms with E-state index in [0.717, 1.165) is 17.9 Å². The van der Waals surface area contributed by atoms with E-state index in [0.29, 0.717) is 33.0 Å². The summed E-state index contributed by atoms with van der Waals surface area (Å²) in [4.78, 5) is 28.9. The van der Waals surface area contributed by atoms with E-state index in [1.54, 1.807) is 47.4 Å². The second-order valence-electron chi connectivity index (χ2n) is 7.92. The van der Waals surface area contributed by atoms with Gasteiger partial charge in [-0.15, -0.1) is 0 Å². The van der Waals surface area contributed by atoms with Crippen molar-refractivity contribution < 1.29 is 19.6 Å². The lowest BCUT2D eigenvalue weighted by Crippen LogP contribution is -3.10. The highest BCUT2D eigenvalue weighted by atomic mass is 79.9. The first-order valence-electron chi connectivity index (χ1n) is 10.4. The average Bonchev–Trinajstić information content (AvgIpc) is 3.26. The molecule has 164 valence electrons. The molecule has 4 N–H and O–H groups in total. The average molecular weight is 509 g/mol. The van der Waals surface area contributed by atoms with Gasteiger partial charge in [0.15, 0.2) is 0 Å². The third-order valence-corrected chi connectivity index (χ3v) is 6.58. The van der Waals surface area contributed by atoms with Gasteiger partial charge in [0.25, 0.3) is 11.6 Å². The fourth-order valence-electron chi connectivity index (χ4n) is 4.26. The Balaban J connectivity index is 1.63. The normalized spacial score (nSPS) is 21.0. The van der Waals surface area contributed by atoms with Crippen molar-refractivity contribution in [2.45, 2.75) is 25.0 Å². The quantitative estimate of drug-likeness (QED) is 0.452. The van der Waals surface area contributed by atoms with Crippen molar-refractivity contribution in [1.29, 1.82) is 0 Å². The number of halogens is 2. The number of hydrogen-bond acceptors (Lipinski definition) is 3. The number of carbonyl (C=O) groups excluding carboxylic acids is 2. The highest BCUT2D eigenvalue weighted by molar-refractivity contribution is 9.10. The van der Waals surface area contributed by atoms with Crippen LogP contribution in [0.4, 0.5) is 16.2 Å². The molecule has 2 aromatic carbocycles. The van der Waals surface area contributed by atoms with E-state index in [9.17, 15) is 14.7 Å². The van der Waals surface area contributed by atoms with Gasteiger partial charge < -0.3 is 20.6 Å². The first-order valence-corrected chi connectivity index (χ1v) is 11.6. The van der Waals surface area contributed by atoms with Gasteiger partial charge >= 0.3 is 6.03 Å². The predicted octanol–water partition coefficient (Wildman–Crippen LogP) is 2.48. The summed E-state index contributed by atoms with van der Waals surface area (Å²) in [5.41, 5.74) is -1.18. The summed E-state index contributed by atoms with van der Waals surface area (Å²) in [5, 5.41) is 17.9. The molecular formula is C22H25BrClN4O3+. The Labute approximate surface area is 194 Å². The van der Waals surface area contributed by atoms with E-state index in [4.69, 9.17) is 11.6 Å². The number of benzene rings is 2. The number of anilines is 2. The van der Waals surface area contributed by atoms with Gasteiger partial charge in [0, 0.05) is 46.6 Å². The molecule has 1 atom stereocenters. The predicted molar refractivity (Wildman–Crippen MR) is 123 cm³/mol. The number of nitrogens with zero attached hydrogens (tertiary/aromatic N) is 1. The van der Waals surface area contributed by atoms with Crippen LogP contribution in [-0.2, 0) is 10.5 Å². The van der Waals surface area contributed by atoms with Crippen LogP contribution in [-0.4, -0.2) is 43.2 Å². The van der Waals surface area contributed by atoms with Crippen LogP contribution in [0.25, 0.3) is 0 Å². The minimum absolute atomic E-state index is 0.291. The zero-order chi connectivity index (χ0) is 22.0. The molecule has 0 aromatic heterocycles. The van der Waals surface area contributed by atoms with Gasteiger partial charge in [-0.3, -0.25) is 9.69 Å². The maximum atomic E-state index is 13.4. The lowest BCUT2D eigenvalue weighted by atomic mass is 9.94. The van der Waals surface area contributed by atoms with Crippen LogP contribution in [0.3, 0.4) is 0 Å². The molecule has 0 bridgehead atoms. The highest BCUT2D eigenvalue weighted by Crippen LogP contribution is 2.41. The standard InChI is InChI=1S/C22H24BrClN4O3/c23-15-4-9-19-18(14-15)22(31,20(29)25-10-3-13-27-11-1-2-12-27)28(21(30)26-19)17-7-5-16(24)6-8-17/h4-9,14,31H,1-3,10-13H2,(H,25,29)(H,26,30)/p+1. The smallest absolute Gasteiger partial charge is 0.329 e. The molecule has 31 heavy (non-hydrogen) atoms. The number of rotatable bonds is 6. The number of nitrogens with one attached hydrogen (secondary N) is 3. The maximum Gasteiger partial charge on any atom is 0.329 e. The summed E-state index contributed by atoms with van der Waals surface area (Å²) < 4.78 is 0.683. The summed E-state index contributed by atoms with van der Waals surface area (Å²) in [6.07, 6.45) is 3.30. The number of urea groups is 1. The highest BCUT2D eigenvalue weighted by Gasteiger charge is 2.52. The van der Waals surface area contributed by atoms with Gasteiger partial charge in [0.1, 0.15) is 0 Å². The van der Waals surface area contributed by atoms with Gasteiger partial charge in [-0.2, -0.15) is 0 Å². The molecule has 0 spiro atoms. The lowest BCUT2D eigenvalue weighted by Gasteiger charge is -2.42. The van der Waals surface area contributed by atoms with Gasteiger partial charge in [0.2, 0.25) is 0 Å². The van der Waals surface area contributed by atoms with Crippen LogP contribution in [0, 0.1) is 0 Å². The van der Waals surface area contributed by atoms with Crippen molar-refractivity contribution in [1.82, 2.24) is 5.32 Å². The maximum absolute atomic E-state index is 13.4. The molecule has 2 aliphatic rings. The molecular weight excluding hydrogens is 484 g/mol. The summed E-state index contributed by atoms with van der Waals surface area (Å²) >= 11 is 9.39. The van der Waals surface area contributed by atoms with Crippen molar-refractivity contribution in [3.05, 3.63) is 57.5 Å². The van der Waals surface area contributed by atoms with Gasteiger partial charge in [-0.1, -0.05) is 27.5 Å². The topological polar surface area (TPSA) is 86.1 Å². The number of aliphatic hydroxyl groups is 1. The van der Waals surface area contributed by atoms with Gasteiger partial charge in [-0.25, -0.2) is 4.79 Å². The molecule has 9 heteroatoms. The lowest BCUT2D eigenvalue weighted by molar-refractivity contribution is -0.887. The number of likely N-dealkylation sites (tertiary alicyclic amines) is 1. The number of quaternary nitrogens is 1. The number of fused-ring (bicyclic) bond motifs is 1. The molecule has 0 saturated carbocycles. The number of amides is 3. The summed E-state index contributed by atoms with van der Waals surface area (Å²) in [6, 6.07) is 10.9. The van der Waals surface area contributed by atoms with Crippen molar-refractivity contribution >= 4 is 50.8 Å². The van der Waals surface area contributed by atoms with Crippen molar-refractivity contribution in [2.24, 2.45) is 0 Å². The second-order valence-corrected chi connectivity index (χ2v) is 9.27. The Hall–Kier alpha value is -2.13. The zero-order valence-electron chi connectivity index (χ0n) is 17.0. The molecule has 3 amide bonds. The van der Waals surface area contributed by atoms with Crippen LogP contribution in [0.15, 0.2) is 46.9 Å². The van der Waals surface area contributed by atoms with Crippen molar-refractivity contribution in [2.75, 3.05) is 36.4 Å². The Morgan fingerprint density at radius 2 is 1.94 bits per heavy atom. The molecule has 1 saturated heterocycles. The molecule has 4 rings (SSSR count). The molecule has 2 aliphatic heterocycles. The third kappa shape index (κ3) is 4.43. The Morgan fingerprint density at radius 1 is 1.23 bits per heavy atom. The fourth-order valence-corrected chi connectivity index (χ4v) is 4.75. The van der Waals surface area contributed by atoms with Crippen molar-refractivity contribution in [3.8, 4) is 0 Å². The molecule has 7 nitrogen and oxygen atoms in total. The minimum atomic E-state index is -2.21. The van der Waals surface area contributed by atoms with Crippen LogP contribution in [0.5, 0.6) is 0 Å². The van der Waals surface area contributed by atoms with E-state index < -0.39 is 17.7 Å². The molecule has 2 aromatic rings. The molecule has 0 aliphatic carbocycles. The first kappa shape index (κ1) is 22.1. The molecule has 0 radical (unpaired) electrons. The fraction of sp³-hybridized carbons (Fsp3) is 0.364.